The second-order valence-corrected chi connectivity index (χ2v) is 8.32. The van der Waals surface area contributed by atoms with E-state index in [1.807, 2.05) is 41.5 Å². The molecule has 3 rings (SSSR count). The monoisotopic (exact) mass is 431 g/mol. The van der Waals surface area contributed by atoms with E-state index in [0.717, 1.165) is 17.1 Å². The fraction of sp³-hybridized carbons (Fsp3) is 0.474. The fourth-order valence-corrected chi connectivity index (χ4v) is 3.71. The van der Waals surface area contributed by atoms with Crippen LogP contribution in [0.4, 0.5) is 0 Å². The van der Waals surface area contributed by atoms with Crippen LogP contribution in [-0.2, 0) is 6.61 Å². The van der Waals surface area contributed by atoms with Crippen molar-refractivity contribution < 1.29 is 9.53 Å². The summed E-state index contributed by atoms with van der Waals surface area (Å²) >= 11 is 1.59. The van der Waals surface area contributed by atoms with E-state index in [-0.39, 0.29) is 42.2 Å². The summed E-state index contributed by atoms with van der Waals surface area (Å²) in [5.74, 6) is 0.607. The number of aromatic nitrogens is 1. The lowest BCUT2D eigenvalue weighted by Crippen LogP contribution is -2.54. The average Bonchev–Trinajstić information content (AvgIpc) is 3.00. The van der Waals surface area contributed by atoms with Gasteiger partial charge in [0.05, 0.1) is 16.3 Å². The van der Waals surface area contributed by atoms with Crippen LogP contribution in [-0.4, -0.2) is 34.9 Å². The van der Waals surface area contributed by atoms with Crippen LogP contribution in [0.1, 0.15) is 41.3 Å². The number of likely N-dealkylation sites (tertiary alicyclic amines) is 1. The number of para-hydroxylation sites is 1. The Hall–Kier alpha value is -1.34. The summed E-state index contributed by atoms with van der Waals surface area (Å²) in [6.45, 7) is 7.91. The molecule has 5 nitrogen and oxygen atoms in total. The number of rotatable bonds is 4. The van der Waals surface area contributed by atoms with Crippen molar-refractivity contribution in [2.24, 2.45) is 11.1 Å². The molecule has 0 radical (unpaired) electrons. The molecule has 0 aliphatic carbocycles. The Balaban J connectivity index is 0.00000182. The van der Waals surface area contributed by atoms with E-state index in [4.69, 9.17) is 10.5 Å². The molecule has 1 aliphatic rings. The SMILES string of the molecule is Cc1nc(COc2ccccc2C(=O)N2CCC(N)C(C)(C)C2)cs1.Cl.Cl. The number of nitrogens with two attached hydrogens (primary N) is 1. The molecule has 0 saturated carbocycles. The molecule has 1 aromatic heterocycles. The van der Waals surface area contributed by atoms with Crippen LogP contribution >= 0.6 is 36.2 Å². The number of aryl methyl sites for hydroxylation is 1. The van der Waals surface area contributed by atoms with Gasteiger partial charge in [-0.15, -0.1) is 36.2 Å². The van der Waals surface area contributed by atoms with Gasteiger partial charge < -0.3 is 15.4 Å². The number of nitrogens with zero attached hydrogens (tertiary/aromatic N) is 2. The molecule has 1 aromatic carbocycles. The number of piperidine rings is 1. The lowest BCUT2D eigenvalue weighted by atomic mass is 9.79. The van der Waals surface area contributed by atoms with Crippen molar-refractivity contribution in [2.45, 2.75) is 39.8 Å². The second kappa shape index (κ2) is 9.73. The zero-order valence-electron chi connectivity index (χ0n) is 15.8. The summed E-state index contributed by atoms with van der Waals surface area (Å²) in [7, 11) is 0. The molecule has 1 amide bonds. The zero-order valence-corrected chi connectivity index (χ0v) is 18.3. The van der Waals surface area contributed by atoms with E-state index in [2.05, 4.69) is 18.8 Å². The third kappa shape index (κ3) is 5.57. The van der Waals surface area contributed by atoms with Gasteiger partial charge in [-0.2, -0.15) is 0 Å². The van der Waals surface area contributed by atoms with Gasteiger partial charge in [0.25, 0.3) is 5.91 Å². The van der Waals surface area contributed by atoms with Crippen LogP contribution in [0.2, 0.25) is 0 Å². The predicted molar refractivity (Wildman–Crippen MR) is 114 cm³/mol. The summed E-state index contributed by atoms with van der Waals surface area (Å²) in [5, 5.41) is 2.99. The molecule has 150 valence electrons. The molecule has 1 fully saturated rings. The topological polar surface area (TPSA) is 68.5 Å². The van der Waals surface area contributed by atoms with Gasteiger partial charge in [0.2, 0.25) is 0 Å². The molecule has 2 N–H and O–H groups in total. The normalized spacial score (nSPS) is 18.2. The van der Waals surface area contributed by atoms with Crippen molar-refractivity contribution in [3.63, 3.8) is 0 Å². The van der Waals surface area contributed by atoms with Crippen molar-refractivity contribution >= 4 is 42.1 Å². The number of benzene rings is 1. The molecule has 1 saturated heterocycles. The van der Waals surface area contributed by atoms with Crippen LogP contribution in [0.25, 0.3) is 0 Å². The molecular formula is C19H27Cl2N3O2S. The predicted octanol–water partition coefficient (Wildman–Crippen LogP) is 4.07. The lowest BCUT2D eigenvalue weighted by Gasteiger charge is -2.42. The zero-order chi connectivity index (χ0) is 18.0. The number of hydrogen-bond acceptors (Lipinski definition) is 5. The summed E-state index contributed by atoms with van der Waals surface area (Å²) in [6.07, 6.45) is 0.819. The Morgan fingerprint density at radius 2 is 2.07 bits per heavy atom. The Bertz CT molecular complexity index is 767. The molecule has 27 heavy (non-hydrogen) atoms. The first kappa shape index (κ1) is 23.7. The van der Waals surface area contributed by atoms with E-state index in [0.29, 0.717) is 31.0 Å². The van der Waals surface area contributed by atoms with Crippen molar-refractivity contribution in [3.8, 4) is 5.75 Å². The standard InChI is InChI=1S/C19H25N3O2S.2ClH/c1-13-21-14(11-25-13)10-24-16-7-5-4-6-15(16)18(23)22-9-8-17(20)19(2,3)12-22;;/h4-7,11,17H,8-10,12,20H2,1-3H3;2*1H. The largest absolute Gasteiger partial charge is 0.486 e. The number of ether oxygens (including phenoxy) is 1. The van der Waals surface area contributed by atoms with Crippen LogP contribution in [0.5, 0.6) is 5.75 Å². The van der Waals surface area contributed by atoms with Crippen molar-refractivity contribution in [1.82, 2.24) is 9.88 Å². The highest BCUT2D eigenvalue weighted by Gasteiger charge is 2.36. The van der Waals surface area contributed by atoms with Crippen LogP contribution in [0, 0.1) is 12.3 Å². The van der Waals surface area contributed by atoms with Gasteiger partial charge in [0, 0.05) is 24.5 Å². The Morgan fingerprint density at radius 1 is 1.37 bits per heavy atom. The highest BCUT2D eigenvalue weighted by molar-refractivity contribution is 7.09. The second-order valence-electron chi connectivity index (χ2n) is 7.25. The van der Waals surface area contributed by atoms with Gasteiger partial charge >= 0.3 is 0 Å². The number of carbonyl (C=O) groups excluding carboxylic acids is 1. The molecule has 2 aromatic rings. The van der Waals surface area contributed by atoms with Gasteiger partial charge in [0.15, 0.2) is 0 Å². The van der Waals surface area contributed by atoms with E-state index < -0.39 is 0 Å². The molecule has 2 heterocycles. The highest BCUT2D eigenvalue weighted by atomic mass is 35.5. The number of carbonyl (C=O) groups is 1. The number of amides is 1. The van der Waals surface area contributed by atoms with Crippen LogP contribution in [0.3, 0.4) is 0 Å². The maximum Gasteiger partial charge on any atom is 0.257 e. The molecule has 1 aliphatic heterocycles. The van der Waals surface area contributed by atoms with Crippen LogP contribution in [0.15, 0.2) is 29.6 Å². The number of thiazole rings is 1. The minimum Gasteiger partial charge on any atom is -0.486 e. The van der Waals surface area contributed by atoms with Gasteiger partial charge in [0.1, 0.15) is 12.4 Å². The van der Waals surface area contributed by atoms with E-state index in [1.54, 1.807) is 11.3 Å². The summed E-state index contributed by atoms with van der Waals surface area (Å²) in [4.78, 5) is 19.3. The summed E-state index contributed by atoms with van der Waals surface area (Å²) in [6, 6.07) is 7.54. The minimum absolute atomic E-state index is 0. The first-order chi connectivity index (χ1) is 11.9. The van der Waals surface area contributed by atoms with Gasteiger partial charge in [-0.3, -0.25) is 4.79 Å². The quantitative estimate of drug-likeness (QED) is 0.791. The van der Waals surface area contributed by atoms with Gasteiger partial charge in [-0.25, -0.2) is 4.98 Å². The Labute approximate surface area is 177 Å². The third-order valence-corrected chi connectivity index (χ3v) is 5.58. The van der Waals surface area contributed by atoms with Crippen molar-refractivity contribution in [3.05, 3.63) is 45.9 Å². The Morgan fingerprint density at radius 3 is 2.70 bits per heavy atom. The molecule has 1 atom stereocenters. The molecule has 0 bridgehead atoms. The molecule has 8 heteroatoms. The first-order valence-corrected chi connectivity index (χ1v) is 9.42. The van der Waals surface area contributed by atoms with Crippen LogP contribution < -0.4 is 10.5 Å². The molecule has 1 unspecified atom stereocenters. The van der Waals surface area contributed by atoms with E-state index in [9.17, 15) is 4.79 Å². The summed E-state index contributed by atoms with van der Waals surface area (Å²) < 4.78 is 5.89. The summed E-state index contributed by atoms with van der Waals surface area (Å²) in [5.41, 5.74) is 7.59. The van der Waals surface area contributed by atoms with E-state index in [1.165, 1.54) is 0 Å². The maximum absolute atomic E-state index is 13.0. The molecular weight excluding hydrogens is 405 g/mol. The van der Waals surface area contributed by atoms with Gasteiger partial charge in [-0.05, 0) is 30.9 Å². The average molecular weight is 432 g/mol. The highest BCUT2D eigenvalue weighted by Crippen LogP contribution is 2.30. The smallest absolute Gasteiger partial charge is 0.257 e. The van der Waals surface area contributed by atoms with Crippen molar-refractivity contribution in [1.29, 1.82) is 0 Å². The molecule has 0 spiro atoms. The fourth-order valence-electron chi connectivity index (χ4n) is 3.11. The number of hydrogen-bond donors (Lipinski definition) is 1. The Kier molecular flexibility index (Phi) is 8.54. The first-order valence-electron chi connectivity index (χ1n) is 8.54. The van der Waals surface area contributed by atoms with Gasteiger partial charge in [-0.1, -0.05) is 26.0 Å². The number of halogens is 2. The maximum atomic E-state index is 13.0. The third-order valence-electron chi connectivity index (χ3n) is 4.76. The minimum atomic E-state index is -0.0815. The van der Waals surface area contributed by atoms with E-state index >= 15 is 0 Å². The lowest BCUT2D eigenvalue weighted by molar-refractivity contribution is 0.0528. The van der Waals surface area contributed by atoms with Crippen molar-refractivity contribution in [2.75, 3.05) is 13.1 Å².